The molecule has 16 heavy (non-hydrogen) atoms. The molecular weight excluding hydrogens is 200 g/mol. The minimum absolute atomic E-state index is 0.839. The fraction of sp³-hybridized carbons (Fsp3) is 0.0769. The zero-order valence-corrected chi connectivity index (χ0v) is 8.84. The monoisotopic (exact) mass is 210 g/mol. The van der Waals surface area contributed by atoms with E-state index < -0.39 is 0 Å². The van der Waals surface area contributed by atoms with Gasteiger partial charge in [0.25, 0.3) is 0 Å². The van der Waals surface area contributed by atoms with E-state index in [0.29, 0.717) is 0 Å². The molecule has 0 N–H and O–H groups in total. The first-order chi connectivity index (χ1) is 7.88. The molecule has 0 atom stereocenters. The summed E-state index contributed by atoms with van der Waals surface area (Å²) in [7, 11) is 1.66. The van der Waals surface area contributed by atoms with Gasteiger partial charge in [-0.25, -0.2) is 0 Å². The highest BCUT2D eigenvalue weighted by atomic mass is 16.5. The summed E-state index contributed by atoms with van der Waals surface area (Å²) in [5.74, 6) is 0.839. The molecule has 2 aromatic carbocycles. The quantitative estimate of drug-likeness (QED) is 0.579. The third kappa shape index (κ3) is 1.29. The third-order valence-corrected chi connectivity index (χ3v) is 2.66. The van der Waals surface area contributed by atoms with Crippen LogP contribution in [0.1, 0.15) is 0 Å². The van der Waals surface area contributed by atoms with Gasteiger partial charge in [0, 0.05) is 10.8 Å². The summed E-state index contributed by atoms with van der Waals surface area (Å²) < 4.78 is 5.22. The average molecular weight is 210 g/mol. The Balaban J connectivity index is 2.47. The Morgan fingerprint density at radius 1 is 0.875 bits per heavy atom. The van der Waals surface area contributed by atoms with E-state index in [-0.39, 0.29) is 0 Å². The van der Waals surface area contributed by atoms with Gasteiger partial charge in [-0.3, -0.25) is 0 Å². The van der Waals surface area contributed by atoms with E-state index >= 15 is 0 Å². The van der Waals surface area contributed by atoms with Crippen molar-refractivity contribution in [2.75, 3.05) is 7.11 Å². The fourth-order valence-electron chi connectivity index (χ4n) is 1.84. The number of fused-ring (bicyclic) bond motifs is 3. The summed E-state index contributed by atoms with van der Waals surface area (Å²) in [6.07, 6.45) is 0. The number of rotatable bonds is 1. The predicted octanol–water partition coefficient (Wildman–Crippen LogP) is 2.79. The Bertz CT molecular complexity index is 664. The molecule has 0 amide bonds. The Morgan fingerprint density at radius 3 is 2.44 bits per heavy atom. The van der Waals surface area contributed by atoms with E-state index in [2.05, 4.69) is 10.2 Å². The number of hydrogen-bond donors (Lipinski definition) is 0. The van der Waals surface area contributed by atoms with E-state index in [4.69, 9.17) is 4.74 Å². The van der Waals surface area contributed by atoms with Crippen LogP contribution in [0.3, 0.4) is 0 Å². The number of hydrogen-bond acceptors (Lipinski definition) is 3. The molecule has 0 fully saturated rings. The second-order valence-electron chi connectivity index (χ2n) is 3.60. The van der Waals surface area contributed by atoms with Crippen molar-refractivity contribution in [3.05, 3.63) is 42.5 Å². The van der Waals surface area contributed by atoms with Crippen LogP contribution in [0.2, 0.25) is 0 Å². The summed E-state index contributed by atoms with van der Waals surface area (Å²) in [4.78, 5) is 0. The first kappa shape index (κ1) is 9.09. The second kappa shape index (κ2) is 3.45. The Hall–Kier alpha value is -2.16. The first-order valence-electron chi connectivity index (χ1n) is 5.07. The topological polar surface area (TPSA) is 35.0 Å². The SMILES string of the molecule is COc1ccc2nnc3ccccc3c2c1. The minimum Gasteiger partial charge on any atom is -0.497 e. The smallest absolute Gasteiger partial charge is 0.119 e. The lowest BCUT2D eigenvalue weighted by molar-refractivity contribution is 0.415. The molecule has 3 heteroatoms. The molecule has 3 rings (SSSR count). The number of ether oxygens (including phenoxy) is 1. The first-order valence-corrected chi connectivity index (χ1v) is 5.07. The van der Waals surface area contributed by atoms with Crippen LogP contribution in [0.25, 0.3) is 21.8 Å². The van der Waals surface area contributed by atoms with Crippen molar-refractivity contribution in [1.29, 1.82) is 0 Å². The molecule has 0 bridgehead atoms. The van der Waals surface area contributed by atoms with Gasteiger partial charge in [0.05, 0.1) is 18.1 Å². The van der Waals surface area contributed by atoms with Crippen LogP contribution >= 0.6 is 0 Å². The van der Waals surface area contributed by atoms with Crippen LogP contribution in [0, 0.1) is 0 Å². The average Bonchev–Trinajstić information content (AvgIpc) is 2.38. The molecule has 3 nitrogen and oxygen atoms in total. The molecule has 0 aliphatic heterocycles. The van der Waals surface area contributed by atoms with Crippen molar-refractivity contribution in [2.24, 2.45) is 0 Å². The Morgan fingerprint density at radius 2 is 1.62 bits per heavy atom. The van der Waals surface area contributed by atoms with E-state index in [1.54, 1.807) is 7.11 Å². The van der Waals surface area contributed by atoms with Gasteiger partial charge in [0.15, 0.2) is 0 Å². The van der Waals surface area contributed by atoms with Crippen molar-refractivity contribution < 1.29 is 4.74 Å². The fourth-order valence-corrected chi connectivity index (χ4v) is 1.84. The molecule has 0 radical (unpaired) electrons. The number of benzene rings is 2. The van der Waals surface area contributed by atoms with Gasteiger partial charge in [0.2, 0.25) is 0 Å². The van der Waals surface area contributed by atoms with Crippen molar-refractivity contribution in [1.82, 2.24) is 10.2 Å². The van der Waals surface area contributed by atoms with E-state index in [0.717, 1.165) is 27.6 Å². The Labute approximate surface area is 92.7 Å². The van der Waals surface area contributed by atoms with Crippen molar-refractivity contribution in [3.63, 3.8) is 0 Å². The molecule has 0 aliphatic rings. The third-order valence-electron chi connectivity index (χ3n) is 2.66. The molecule has 0 spiro atoms. The van der Waals surface area contributed by atoms with Gasteiger partial charge in [-0.2, -0.15) is 0 Å². The maximum atomic E-state index is 5.22. The lowest BCUT2D eigenvalue weighted by atomic mass is 10.1. The summed E-state index contributed by atoms with van der Waals surface area (Å²) in [6, 6.07) is 13.8. The standard InChI is InChI=1S/C13H10N2O/c1-16-9-6-7-13-11(8-9)10-4-2-3-5-12(10)14-15-13/h2-8H,1H3. The molecule has 1 heterocycles. The summed E-state index contributed by atoms with van der Waals surface area (Å²) in [5, 5.41) is 10.5. The lowest BCUT2D eigenvalue weighted by Gasteiger charge is -2.04. The molecule has 78 valence electrons. The van der Waals surface area contributed by atoms with Crippen LogP contribution < -0.4 is 4.74 Å². The van der Waals surface area contributed by atoms with Crippen LogP contribution in [-0.2, 0) is 0 Å². The minimum atomic E-state index is 0.839. The molecule has 1 aromatic heterocycles. The van der Waals surface area contributed by atoms with E-state index in [1.165, 1.54) is 0 Å². The molecular formula is C13H10N2O. The highest BCUT2D eigenvalue weighted by Crippen LogP contribution is 2.25. The largest absolute Gasteiger partial charge is 0.497 e. The zero-order chi connectivity index (χ0) is 11.0. The molecule has 3 aromatic rings. The number of nitrogens with zero attached hydrogens (tertiary/aromatic N) is 2. The van der Waals surface area contributed by atoms with Gasteiger partial charge >= 0.3 is 0 Å². The van der Waals surface area contributed by atoms with Crippen LogP contribution in [0.5, 0.6) is 5.75 Å². The summed E-state index contributed by atoms with van der Waals surface area (Å²) >= 11 is 0. The van der Waals surface area contributed by atoms with Gasteiger partial charge in [-0.1, -0.05) is 18.2 Å². The van der Waals surface area contributed by atoms with E-state index in [9.17, 15) is 0 Å². The molecule has 0 saturated carbocycles. The van der Waals surface area contributed by atoms with Crippen molar-refractivity contribution in [2.45, 2.75) is 0 Å². The van der Waals surface area contributed by atoms with Crippen LogP contribution in [-0.4, -0.2) is 17.3 Å². The van der Waals surface area contributed by atoms with Crippen molar-refractivity contribution in [3.8, 4) is 5.75 Å². The Kier molecular flexibility index (Phi) is 1.96. The highest BCUT2D eigenvalue weighted by molar-refractivity contribution is 6.03. The molecule has 0 saturated heterocycles. The number of methoxy groups -OCH3 is 1. The van der Waals surface area contributed by atoms with Gasteiger partial charge in [0.1, 0.15) is 5.75 Å². The lowest BCUT2D eigenvalue weighted by Crippen LogP contribution is -1.88. The van der Waals surface area contributed by atoms with E-state index in [1.807, 2.05) is 42.5 Å². The van der Waals surface area contributed by atoms with Gasteiger partial charge in [-0.15, -0.1) is 10.2 Å². The molecule has 0 aliphatic carbocycles. The van der Waals surface area contributed by atoms with Gasteiger partial charge in [-0.05, 0) is 24.3 Å². The summed E-state index contributed by atoms with van der Waals surface area (Å²) in [6.45, 7) is 0. The maximum Gasteiger partial charge on any atom is 0.119 e. The maximum absolute atomic E-state index is 5.22. The van der Waals surface area contributed by atoms with Crippen LogP contribution in [0.15, 0.2) is 42.5 Å². The van der Waals surface area contributed by atoms with Gasteiger partial charge < -0.3 is 4.74 Å². The normalized spacial score (nSPS) is 10.8. The van der Waals surface area contributed by atoms with Crippen LogP contribution in [0.4, 0.5) is 0 Å². The molecule has 0 unspecified atom stereocenters. The highest BCUT2D eigenvalue weighted by Gasteiger charge is 2.03. The zero-order valence-electron chi connectivity index (χ0n) is 8.84. The number of aromatic nitrogens is 2. The second-order valence-corrected chi connectivity index (χ2v) is 3.60. The predicted molar refractivity (Wildman–Crippen MR) is 63.6 cm³/mol. The van der Waals surface area contributed by atoms with Crippen molar-refractivity contribution >= 4 is 21.8 Å². The summed E-state index contributed by atoms with van der Waals surface area (Å²) in [5.41, 5.74) is 1.79.